The molecule has 2 heterocycles. The molecule has 0 bridgehead atoms. The molecule has 0 saturated carbocycles. The summed E-state index contributed by atoms with van der Waals surface area (Å²) in [6.45, 7) is 3.76. The highest BCUT2D eigenvalue weighted by Crippen LogP contribution is 2.30. The van der Waals surface area contributed by atoms with Gasteiger partial charge in [-0.25, -0.2) is 9.97 Å². The Labute approximate surface area is 394 Å². The lowest BCUT2D eigenvalue weighted by Crippen LogP contribution is -2.07. The molecule has 0 aliphatic rings. The van der Waals surface area contributed by atoms with Crippen LogP contribution in [-0.4, -0.2) is 39.2 Å². The number of alkyl halides is 1. The molecular weight excluding hydrogens is 930 g/mol. The van der Waals surface area contributed by atoms with E-state index in [0.717, 1.165) is 43.7 Å². The maximum absolute atomic E-state index is 11.2. The van der Waals surface area contributed by atoms with Crippen molar-refractivity contribution in [1.82, 2.24) is 9.97 Å². The molecule has 62 heavy (non-hydrogen) atoms. The smallest absolute Gasteiger partial charge is 0.307 e. The largest absolute Gasteiger partial charge is 0.508 e. The van der Waals surface area contributed by atoms with Crippen molar-refractivity contribution in [2.45, 2.75) is 63.9 Å². The van der Waals surface area contributed by atoms with Gasteiger partial charge in [-0.15, -0.1) is 46.1 Å². The lowest BCUT2D eigenvalue weighted by Gasteiger charge is -2.10. The average Bonchev–Trinajstić information content (AvgIpc) is 3.92. The molecule has 0 spiro atoms. The summed E-state index contributed by atoms with van der Waals surface area (Å²) in [6, 6.07) is 25.0. The van der Waals surface area contributed by atoms with E-state index in [1.807, 2.05) is 71.4 Å². The van der Waals surface area contributed by atoms with E-state index in [4.69, 9.17) is 73.0 Å². The second kappa shape index (κ2) is 26.0. The highest BCUT2D eigenvalue weighted by Gasteiger charge is 2.16. The molecule has 0 saturated heterocycles. The first-order valence-electron chi connectivity index (χ1n) is 18.8. The lowest BCUT2D eigenvalue weighted by atomic mass is 9.96. The van der Waals surface area contributed by atoms with Crippen molar-refractivity contribution in [3.8, 4) is 35.2 Å². The number of carbonyl (C=O) groups is 2. The van der Waals surface area contributed by atoms with Crippen LogP contribution in [0.4, 0.5) is 0 Å². The summed E-state index contributed by atoms with van der Waals surface area (Å²) in [7, 11) is 1.36. The van der Waals surface area contributed by atoms with Gasteiger partial charge in [-0.3, -0.25) is 9.59 Å². The number of benzene rings is 4. The summed E-state index contributed by atoms with van der Waals surface area (Å²) in [5.74, 6) is 11.1. The van der Waals surface area contributed by atoms with Crippen molar-refractivity contribution in [1.29, 1.82) is 0 Å². The normalized spacial score (nSPS) is 11.2. The molecule has 0 aliphatic heterocycles. The first-order chi connectivity index (χ1) is 29.8. The van der Waals surface area contributed by atoms with Crippen LogP contribution in [0.2, 0.25) is 20.1 Å². The summed E-state index contributed by atoms with van der Waals surface area (Å²) in [5, 5.41) is 26.6. The van der Waals surface area contributed by atoms with Crippen molar-refractivity contribution in [2.75, 3.05) is 7.11 Å². The van der Waals surface area contributed by atoms with Crippen LogP contribution in [-0.2, 0) is 39.7 Å². The number of hydrogen-bond acceptors (Lipinski definition) is 9. The van der Waals surface area contributed by atoms with Gasteiger partial charge < -0.3 is 19.7 Å². The molecule has 6 rings (SSSR count). The maximum Gasteiger partial charge on any atom is 0.307 e. The van der Waals surface area contributed by atoms with E-state index in [-0.39, 0.29) is 36.4 Å². The van der Waals surface area contributed by atoms with Crippen LogP contribution in [0.1, 0.15) is 82.2 Å². The lowest BCUT2D eigenvalue weighted by molar-refractivity contribution is -0.141. The molecule has 2 atom stereocenters. The van der Waals surface area contributed by atoms with Crippen molar-refractivity contribution in [3.05, 3.63) is 159 Å². The number of carbonyl (C=O) groups excluding carboxylic acids is 1. The van der Waals surface area contributed by atoms with Crippen LogP contribution < -0.4 is 4.74 Å². The highest BCUT2D eigenvalue weighted by molar-refractivity contribution is 7.10. The first kappa shape index (κ1) is 49.9. The Morgan fingerprint density at radius 1 is 0.694 bits per heavy atom. The molecule has 8 nitrogen and oxygen atoms in total. The van der Waals surface area contributed by atoms with E-state index >= 15 is 0 Å². The number of esters is 1. The molecule has 0 fully saturated rings. The fourth-order valence-corrected chi connectivity index (χ4v) is 8.52. The van der Waals surface area contributed by atoms with E-state index in [2.05, 4.69) is 38.4 Å². The summed E-state index contributed by atoms with van der Waals surface area (Å²) in [4.78, 5) is 31.2. The van der Waals surface area contributed by atoms with Gasteiger partial charge in [0.05, 0.1) is 59.1 Å². The fraction of sp³-hybridized carbons (Fsp3) is 0.234. The highest BCUT2D eigenvalue weighted by atomic mass is 35.5. The van der Waals surface area contributed by atoms with Gasteiger partial charge in [-0.2, -0.15) is 0 Å². The van der Waals surface area contributed by atoms with E-state index < -0.39 is 5.97 Å². The number of rotatable bonds is 14. The second-order valence-electron chi connectivity index (χ2n) is 13.1. The van der Waals surface area contributed by atoms with E-state index in [1.54, 1.807) is 49.4 Å². The van der Waals surface area contributed by atoms with E-state index in [0.29, 0.717) is 51.2 Å². The van der Waals surface area contributed by atoms with Crippen LogP contribution in [0.15, 0.2) is 95.7 Å². The maximum atomic E-state index is 11.2. The number of phenolic OH excluding ortho intramolecular Hbond substituents is 1. The van der Waals surface area contributed by atoms with Gasteiger partial charge in [0.1, 0.15) is 18.1 Å². The standard InChI is InChI=1S/C23H19Cl2NO3S.C13H14O3.C11H8Cl3NS/c1-2-4-16(11-23(27)28)15-7-9-18(10-8-15)29-13-17-14-30-22(26-17)12-19-20(24)5-3-6-21(19)25;1-3-4-11(9-13(15)16-2)10-5-7-12(14)8-6-10;12-5-7-6-16-11(15-7)4-8-9(13)2-1-3-10(8)14/h3,5-10,14,16H,11-13H2,1H3,(H,27,28);5-8,11,14H,9H2,1-2H3;1-3,6H,4-5H2/t16-;;/m0../s1. The molecular formula is C47H41Cl5N2O6S2. The van der Waals surface area contributed by atoms with Crippen molar-refractivity contribution < 1.29 is 29.3 Å². The Hall–Kier alpha value is -4.75. The summed E-state index contributed by atoms with van der Waals surface area (Å²) >= 11 is 33.5. The SMILES string of the molecule is CC#CC(CC(=O)OC)c1ccc(O)cc1.CC#C[C@@H](CC(=O)O)c1ccc(OCc2csc(Cc3c(Cl)cccc3Cl)n2)cc1.ClCc1csc(Cc2c(Cl)cccc2Cl)n1. The molecule has 0 radical (unpaired) electrons. The van der Waals surface area contributed by atoms with Crippen molar-refractivity contribution in [3.63, 3.8) is 0 Å². The van der Waals surface area contributed by atoms with Gasteiger partial charge in [0.2, 0.25) is 0 Å². The fourth-order valence-electron chi connectivity index (χ4n) is 5.63. The zero-order chi connectivity index (χ0) is 45.0. The quantitative estimate of drug-likeness (QED) is 0.0629. The Balaban J connectivity index is 0.000000223. The number of thiazole rings is 2. The zero-order valence-electron chi connectivity index (χ0n) is 33.8. The number of aliphatic carboxylic acids is 1. The topological polar surface area (TPSA) is 119 Å². The second-order valence-corrected chi connectivity index (χ2v) is 16.9. The molecule has 1 unspecified atom stereocenters. The molecule has 2 N–H and O–H groups in total. The molecule has 4 aromatic carbocycles. The van der Waals surface area contributed by atoms with Gasteiger partial charge in [-0.05, 0) is 84.6 Å². The Bertz CT molecular complexity index is 2480. The number of hydrogen-bond donors (Lipinski definition) is 2. The molecule has 2 aromatic heterocycles. The summed E-state index contributed by atoms with van der Waals surface area (Å²) in [5.41, 5.74) is 5.25. The van der Waals surface area contributed by atoms with Gasteiger partial charge in [0, 0.05) is 43.7 Å². The number of aromatic nitrogens is 2. The van der Waals surface area contributed by atoms with Crippen LogP contribution in [0.25, 0.3) is 0 Å². The van der Waals surface area contributed by atoms with E-state index in [9.17, 15) is 9.59 Å². The van der Waals surface area contributed by atoms with Crippen LogP contribution in [0.3, 0.4) is 0 Å². The number of ether oxygens (including phenoxy) is 2. The number of phenols is 1. The van der Waals surface area contributed by atoms with Gasteiger partial charge in [0.15, 0.2) is 0 Å². The predicted octanol–water partition coefficient (Wildman–Crippen LogP) is 13.0. The third kappa shape index (κ3) is 16.2. The number of nitrogens with zero attached hydrogens (tertiary/aromatic N) is 2. The Morgan fingerprint density at radius 2 is 1.15 bits per heavy atom. The molecule has 15 heteroatoms. The van der Waals surface area contributed by atoms with Crippen LogP contribution >= 0.6 is 80.7 Å². The van der Waals surface area contributed by atoms with Gasteiger partial charge >= 0.3 is 11.9 Å². The first-order valence-corrected chi connectivity index (χ1v) is 22.6. The number of halogens is 5. The molecule has 322 valence electrons. The number of carboxylic acids is 1. The average molecular weight is 971 g/mol. The van der Waals surface area contributed by atoms with Crippen LogP contribution in [0.5, 0.6) is 11.5 Å². The third-order valence-corrected chi connectivity index (χ3v) is 12.2. The minimum absolute atomic E-state index is 0.0297. The minimum Gasteiger partial charge on any atom is -0.508 e. The number of carboxylic acid groups (broad SMARTS) is 1. The van der Waals surface area contributed by atoms with Gasteiger partial charge in [0.25, 0.3) is 0 Å². The number of aromatic hydroxyl groups is 1. The van der Waals surface area contributed by atoms with Crippen molar-refractivity contribution in [2.24, 2.45) is 0 Å². The predicted molar refractivity (Wildman–Crippen MR) is 252 cm³/mol. The minimum atomic E-state index is -0.875. The van der Waals surface area contributed by atoms with Crippen LogP contribution in [0, 0.1) is 23.7 Å². The molecule has 0 aliphatic carbocycles. The monoisotopic (exact) mass is 968 g/mol. The third-order valence-electron chi connectivity index (χ3n) is 8.69. The van der Waals surface area contributed by atoms with E-state index in [1.165, 1.54) is 18.4 Å². The van der Waals surface area contributed by atoms with Crippen molar-refractivity contribution >= 4 is 92.6 Å². The Kier molecular flexibility index (Phi) is 20.9. The summed E-state index contributed by atoms with van der Waals surface area (Å²) < 4.78 is 10.4. The molecule has 0 amide bonds. The molecule has 6 aromatic rings. The number of methoxy groups -OCH3 is 1. The Morgan fingerprint density at radius 3 is 1.58 bits per heavy atom. The zero-order valence-corrected chi connectivity index (χ0v) is 39.2. The van der Waals surface area contributed by atoms with Gasteiger partial charge in [-0.1, -0.05) is 94.6 Å². The summed E-state index contributed by atoms with van der Waals surface area (Å²) in [6.07, 6.45) is 1.42.